The monoisotopic (exact) mass is 254 g/mol. The van der Waals surface area contributed by atoms with Crippen LogP contribution in [-0.4, -0.2) is 30.4 Å². The molecule has 19 heavy (non-hydrogen) atoms. The number of aromatic nitrogens is 6. The minimum absolute atomic E-state index is 0.586. The highest BCUT2D eigenvalue weighted by Crippen LogP contribution is 2.22. The van der Waals surface area contributed by atoms with Gasteiger partial charge in [0.1, 0.15) is 0 Å². The molecule has 0 aliphatic carbocycles. The average molecular weight is 254 g/mol. The van der Waals surface area contributed by atoms with Crippen LogP contribution < -0.4 is 0 Å². The van der Waals surface area contributed by atoms with E-state index in [2.05, 4.69) is 38.7 Å². The number of nitrogens with zero attached hydrogens (tertiary/aromatic N) is 5. The zero-order valence-corrected chi connectivity index (χ0v) is 11.0. The number of hydrogen-bond acceptors (Lipinski definition) is 4. The van der Waals surface area contributed by atoms with E-state index in [0.29, 0.717) is 5.82 Å². The summed E-state index contributed by atoms with van der Waals surface area (Å²) in [6, 6.07) is 8.10. The van der Waals surface area contributed by atoms with E-state index < -0.39 is 0 Å². The van der Waals surface area contributed by atoms with Crippen molar-refractivity contribution in [2.75, 3.05) is 0 Å². The molecule has 0 atom stereocenters. The molecule has 96 valence electrons. The Bertz CT molecular complexity index is 711. The van der Waals surface area contributed by atoms with Crippen molar-refractivity contribution in [1.29, 1.82) is 0 Å². The summed E-state index contributed by atoms with van der Waals surface area (Å²) in [5.41, 5.74) is 5.21. The largest absolute Gasteiger partial charge is 0.238 e. The second-order valence-corrected chi connectivity index (χ2v) is 4.58. The molecule has 0 spiro atoms. The van der Waals surface area contributed by atoms with Crippen molar-refractivity contribution in [2.24, 2.45) is 0 Å². The Hall–Kier alpha value is -2.50. The van der Waals surface area contributed by atoms with E-state index in [0.717, 1.165) is 28.2 Å². The van der Waals surface area contributed by atoms with Gasteiger partial charge < -0.3 is 0 Å². The summed E-state index contributed by atoms with van der Waals surface area (Å²) in [6.07, 6.45) is 0. The second-order valence-electron chi connectivity index (χ2n) is 4.58. The third kappa shape index (κ3) is 2.01. The van der Waals surface area contributed by atoms with Gasteiger partial charge in [0.15, 0.2) is 0 Å². The van der Waals surface area contributed by atoms with E-state index in [1.165, 1.54) is 0 Å². The second kappa shape index (κ2) is 4.31. The van der Waals surface area contributed by atoms with Crippen molar-refractivity contribution in [3.05, 3.63) is 41.2 Å². The van der Waals surface area contributed by atoms with Crippen molar-refractivity contribution in [3.63, 3.8) is 0 Å². The summed E-state index contributed by atoms with van der Waals surface area (Å²) in [5.74, 6) is 0.586. The first-order valence-electron chi connectivity index (χ1n) is 6.03. The van der Waals surface area contributed by atoms with Gasteiger partial charge in [-0.05, 0) is 43.7 Å². The van der Waals surface area contributed by atoms with E-state index in [1.807, 2.05) is 36.7 Å². The van der Waals surface area contributed by atoms with Gasteiger partial charge in [-0.15, -0.1) is 10.2 Å². The van der Waals surface area contributed by atoms with E-state index in [9.17, 15) is 0 Å². The molecule has 3 rings (SSSR count). The van der Waals surface area contributed by atoms with Crippen LogP contribution in [0.3, 0.4) is 0 Å². The Morgan fingerprint density at radius 2 is 1.95 bits per heavy atom. The standard InChI is InChI=1S/C13H14N6/c1-8-4-5-11(13-14-17-18-15-13)7-12(8)19-10(3)6-9(2)16-19/h4-7H,1-3H3,(H,14,15,17,18). The molecule has 2 heterocycles. The molecule has 0 radical (unpaired) electrons. The molecule has 0 saturated heterocycles. The Balaban J connectivity index is 2.16. The summed E-state index contributed by atoms with van der Waals surface area (Å²) in [6.45, 7) is 6.09. The molecule has 6 heteroatoms. The van der Waals surface area contributed by atoms with Crippen LogP contribution in [0.25, 0.3) is 17.1 Å². The lowest BCUT2D eigenvalue weighted by Crippen LogP contribution is -2.02. The number of H-pyrrole nitrogens is 1. The Morgan fingerprint density at radius 3 is 2.58 bits per heavy atom. The number of aromatic amines is 1. The van der Waals surface area contributed by atoms with Crippen molar-refractivity contribution in [3.8, 4) is 17.1 Å². The fourth-order valence-corrected chi connectivity index (χ4v) is 2.13. The Labute approximate surface area is 110 Å². The molecule has 1 N–H and O–H groups in total. The summed E-state index contributed by atoms with van der Waals surface area (Å²) in [4.78, 5) is 0. The van der Waals surface area contributed by atoms with Crippen molar-refractivity contribution >= 4 is 0 Å². The highest BCUT2D eigenvalue weighted by molar-refractivity contribution is 5.60. The smallest absolute Gasteiger partial charge is 0.204 e. The van der Waals surface area contributed by atoms with Crippen LogP contribution in [0.1, 0.15) is 17.0 Å². The number of nitrogens with one attached hydrogen (secondary N) is 1. The number of benzene rings is 1. The van der Waals surface area contributed by atoms with Crippen LogP contribution in [0.4, 0.5) is 0 Å². The first-order chi connectivity index (χ1) is 9.15. The minimum atomic E-state index is 0.586. The van der Waals surface area contributed by atoms with Crippen LogP contribution in [0, 0.1) is 20.8 Å². The number of aryl methyl sites for hydroxylation is 3. The maximum atomic E-state index is 4.52. The van der Waals surface area contributed by atoms with Crippen LogP contribution >= 0.6 is 0 Å². The van der Waals surface area contributed by atoms with Crippen LogP contribution in [-0.2, 0) is 0 Å². The van der Waals surface area contributed by atoms with Gasteiger partial charge in [-0.1, -0.05) is 12.1 Å². The average Bonchev–Trinajstić information content (AvgIpc) is 3.00. The van der Waals surface area contributed by atoms with E-state index in [-0.39, 0.29) is 0 Å². The van der Waals surface area contributed by atoms with Gasteiger partial charge in [0.2, 0.25) is 5.82 Å². The first kappa shape index (κ1) is 11.6. The SMILES string of the molecule is Cc1cc(C)n(-c2cc(-c3nn[nH]n3)ccc2C)n1. The van der Waals surface area contributed by atoms with Gasteiger partial charge in [0.05, 0.1) is 11.4 Å². The first-order valence-corrected chi connectivity index (χ1v) is 6.03. The fourth-order valence-electron chi connectivity index (χ4n) is 2.13. The summed E-state index contributed by atoms with van der Waals surface area (Å²) in [7, 11) is 0. The zero-order valence-electron chi connectivity index (χ0n) is 11.0. The van der Waals surface area contributed by atoms with Gasteiger partial charge in [-0.25, -0.2) is 4.68 Å². The molecule has 1 aromatic carbocycles. The Kier molecular flexibility index (Phi) is 2.63. The third-order valence-electron chi connectivity index (χ3n) is 3.05. The maximum Gasteiger partial charge on any atom is 0.204 e. The predicted molar refractivity (Wildman–Crippen MR) is 70.9 cm³/mol. The quantitative estimate of drug-likeness (QED) is 0.759. The fraction of sp³-hybridized carbons (Fsp3) is 0.231. The number of hydrogen-bond donors (Lipinski definition) is 1. The lowest BCUT2D eigenvalue weighted by Gasteiger charge is -2.09. The summed E-state index contributed by atoms with van der Waals surface area (Å²) in [5, 5.41) is 18.6. The molecule has 3 aromatic rings. The van der Waals surface area contributed by atoms with Crippen molar-refractivity contribution < 1.29 is 0 Å². The molecule has 0 amide bonds. The van der Waals surface area contributed by atoms with Crippen LogP contribution in [0.15, 0.2) is 24.3 Å². The van der Waals surface area contributed by atoms with Gasteiger partial charge in [0.25, 0.3) is 0 Å². The number of rotatable bonds is 2. The summed E-state index contributed by atoms with van der Waals surface area (Å²) < 4.78 is 1.94. The van der Waals surface area contributed by atoms with E-state index in [4.69, 9.17) is 0 Å². The maximum absolute atomic E-state index is 4.52. The molecular weight excluding hydrogens is 240 g/mol. The van der Waals surface area contributed by atoms with E-state index in [1.54, 1.807) is 0 Å². The lowest BCUT2D eigenvalue weighted by molar-refractivity contribution is 0.827. The predicted octanol–water partition coefficient (Wildman–Crippen LogP) is 1.98. The summed E-state index contributed by atoms with van der Waals surface area (Å²) >= 11 is 0. The molecule has 0 aliphatic heterocycles. The lowest BCUT2D eigenvalue weighted by atomic mass is 10.1. The van der Waals surface area contributed by atoms with Crippen LogP contribution in [0.5, 0.6) is 0 Å². The van der Waals surface area contributed by atoms with Crippen molar-refractivity contribution in [2.45, 2.75) is 20.8 Å². The van der Waals surface area contributed by atoms with Gasteiger partial charge in [-0.3, -0.25) is 0 Å². The van der Waals surface area contributed by atoms with Gasteiger partial charge >= 0.3 is 0 Å². The zero-order chi connectivity index (χ0) is 13.4. The van der Waals surface area contributed by atoms with Crippen LogP contribution in [0.2, 0.25) is 0 Å². The molecule has 0 bridgehead atoms. The third-order valence-corrected chi connectivity index (χ3v) is 3.05. The molecule has 6 nitrogen and oxygen atoms in total. The number of tetrazole rings is 1. The molecule has 0 fully saturated rings. The van der Waals surface area contributed by atoms with E-state index >= 15 is 0 Å². The Morgan fingerprint density at radius 1 is 1.11 bits per heavy atom. The minimum Gasteiger partial charge on any atom is -0.238 e. The molecule has 0 unspecified atom stereocenters. The molecular formula is C13H14N6. The van der Waals surface area contributed by atoms with Crippen molar-refractivity contribution in [1.82, 2.24) is 30.4 Å². The van der Waals surface area contributed by atoms with Gasteiger partial charge in [-0.2, -0.15) is 10.3 Å². The highest BCUT2D eigenvalue weighted by atomic mass is 15.5. The molecule has 0 saturated carbocycles. The van der Waals surface area contributed by atoms with Gasteiger partial charge in [0, 0.05) is 11.3 Å². The molecule has 0 aliphatic rings. The highest BCUT2D eigenvalue weighted by Gasteiger charge is 2.10. The normalized spacial score (nSPS) is 10.9. The molecule has 2 aromatic heterocycles. The topological polar surface area (TPSA) is 72.3 Å².